The first-order valence-corrected chi connectivity index (χ1v) is 7.19. The van der Waals surface area contributed by atoms with Crippen LogP contribution in [0.5, 0.6) is 0 Å². The summed E-state index contributed by atoms with van der Waals surface area (Å²) in [6.45, 7) is 1.83. The number of aromatic nitrogens is 1. The summed E-state index contributed by atoms with van der Waals surface area (Å²) in [5, 5.41) is 7.42. The maximum atomic E-state index is 12.1. The number of rotatable bonds is 4. The molecule has 1 saturated heterocycles. The first kappa shape index (κ1) is 13.1. The number of nitrogens with zero attached hydrogens (tertiary/aromatic N) is 1. The van der Waals surface area contributed by atoms with E-state index in [1.165, 1.54) is 12.8 Å². The van der Waals surface area contributed by atoms with Crippen LogP contribution in [-0.2, 0) is 0 Å². The molecule has 0 spiro atoms. The molecule has 0 aliphatic carbocycles. The summed E-state index contributed by atoms with van der Waals surface area (Å²) in [4.78, 5) is 16.4. The van der Waals surface area contributed by atoms with Gasteiger partial charge in [0, 0.05) is 29.7 Å². The number of pyridine rings is 1. The molecule has 0 saturated carbocycles. The summed E-state index contributed by atoms with van der Waals surface area (Å²) in [5.41, 5.74) is 1.61. The molecular weight excluding hydrogens is 250 g/mol. The Bertz CT molecular complexity index is 605. The van der Waals surface area contributed by atoms with Gasteiger partial charge in [0.05, 0.1) is 5.52 Å². The second-order valence-electron chi connectivity index (χ2n) is 5.25. The van der Waals surface area contributed by atoms with E-state index < -0.39 is 0 Å². The summed E-state index contributed by atoms with van der Waals surface area (Å²) in [6.07, 6.45) is 5.23. The van der Waals surface area contributed by atoms with Gasteiger partial charge >= 0.3 is 0 Å². The van der Waals surface area contributed by atoms with Gasteiger partial charge in [0.25, 0.3) is 5.91 Å². The Morgan fingerprint density at radius 1 is 1.40 bits per heavy atom. The minimum Gasteiger partial charge on any atom is -0.352 e. The third-order valence-electron chi connectivity index (χ3n) is 3.81. The van der Waals surface area contributed by atoms with E-state index in [1.54, 1.807) is 6.20 Å². The van der Waals surface area contributed by atoms with Crippen LogP contribution in [0.15, 0.2) is 36.5 Å². The fourth-order valence-corrected chi connectivity index (χ4v) is 2.68. The SMILES string of the molecule is O=C(NCCC1CCCN1)c1ccc2ncccc2c1. The zero-order valence-electron chi connectivity index (χ0n) is 11.4. The number of nitrogens with one attached hydrogen (secondary N) is 2. The van der Waals surface area contributed by atoms with E-state index in [0.717, 1.165) is 30.4 Å². The summed E-state index contributed by atoms with van der Waals surface area (Å²) >= 11 is 0. The molecule has 2 N–H and O–H groups in total. The molecule has 0 radical (unpaired) electrons. The van der Waals surface area contributed by atoms with E-state index in [1.807, 2.05) is 30.3 Å². The van der Waals surface area contributed by atoms with Crippen molar-refractivity contribution in [3.05, 3.63) is 42.1 Å². The molecule has 4 nitrogen and oxygen atoms in total. The van der Waals surface area contributed by atoms with Crippen LogP contribution in [-0.4, -0.2) is 30.0 Å². The van der Waals surface area contributed by atoms with Crippen molar-refractivity contribution in [1.82, 2.24) is 15.6 Å². The van der Waals surface area contributed by atoms with Crippen molar-refractivity contribution in [2.75, 3.05) is 13.1 Å². The van der Waals surface area contributed by atoms with Crippen LogP contribution in [0.25, 0.3) is 10.9 Å². The standard InChI is InChI=1S/C16H19N3O/c20-16(19-10-7-14-4-2-8-17-14)13-5-6-15-12(11-13)3-1-9-18-15/h1,3,5-6,9,11,14,17H,2,4,7-8,10H2,(H,19,20). The first-order valence-electron chi connectivity index (χ1n) is 7.19. The van der Waals surface area contributed by atoms with Crippen molar-refractivity contribution >= 4 is 16.8 Å². The molecule has 1 aromatic heterocycles. The van der Waals surface area contributed by atoms with E-state index in [2.05, 4.69) is 15.6 Å². The Kier molecular flexibility index (Phi) is 3.92. The van der Waals surface area contributed by atoms with Crippen LogP contribution in [0.4, 0.5) is 0 Å². The fraction of sp³-hybridized carbons (Fsp3) is 0.375. The zero-order valence-corrected chi connectivity index (χ0v) is 11.4. The highest BCUT2D eigenvalue weighted by Gasteiger charge is 2.14. The molecule has 1 aliphatic heterocycles. The number of amides is 1. The molecule has 0 bridgehead atoms. The second kappa shape index (κ2) is 6.01. The number of carbonyl (C=O) groups is 1. The summed E-state index contributed by atoms with van der Waals surface area (Å²) in [7, 11) is 0. The predicted molar refractivity (Wildman–Crippen MR) is 79.7 cm³/mol. The highest BCUT2D eigenvalue weighted by atomic mass is 16.1. The average molecular weight is 269 g/mol. The molecule has 4 heteroatoms. The maximum Gasteiger partial charge on any atom is 0.251 e. The number of carbonyl (C=O) groups excluding carboxylic acids is 1. The monoisotopic (exact) mass is 269 g/mol. The quantitative estimate of drug-likeness (QED) is 0.893. The van der Waals surface area contributed by atoms with Crippen molar-refractivity contribution in [3.63, 3.8) is 0 Å². The lowest BCUT2D eigenvalue weighted by Crippen LogP contribution is -2.30. The van der Waals surface area contributed by atoms with E-state index in [-0.39, 0.29) is 5.91 Å². The molecule has 1 amide bonds. The van der Waals surface area contributed by atoms with Gasteiger partial charge in [-0.05, 0) is 50.1 Å². The molecule has 20 heavy (non-hydrogen) atoms. The van der Waals surface area contributed by atoms with E-state index in [9.17, 15) is 4.79 Å². The lowest BCUT2D eigenvalue weighted by molar-refractivity contribution is 0.0952. The molecule has 1 aliphatic rings. The molecule has 1 atom stereocenters. The minimum absolute atomic E-state index is 0.00579. The van der Waals surface area contributed by atoms with Crippen molar-refractivity contribution in [2.24, 2.45) is 0 Å². The Balaban J connectivity index is 1.60. The zero-order chi connectivity index (χ0) is 13.8. The van der Waals surface area contributed by atoms with Crippen LogP contribution in [0.2, 0.25) is 0 Å². The van der Waals surface area contributed by atoms with Crippen molar-refractivity contribution in [1.29, 1.82) is 0 Å². The molecule has 1 unspecified atom stereocenters. The molecule has 2 aromatic rings. The Hall–Kier alpha value is -1.94. The van der Waals surface area contributed by atoms with Gasteiger partial charge in [-0.25, -0.2) is 0 Å². The summed E-state index contributed by atoms with van der Waals surface area (Å²) < 4.78 is 0. The topological polar surface area (TPSA) is 54.0 Å². The molecule has 1 fully saturated rings. The smallest absolute Gasteiger partial charge is 0.251 e. The van der Waals surface area contributed by atoms with E-state index in [4.69, 9.17) is 0 Å². The Morgan fingerprint density at radius 2 is 2.35 bits per heavy atom. The third kappa shape index (κ3) is 2.96. The van der Waals surface area contributed by atoms with Gasteiger partial charge < -0.3 is 10.6 Å². The first-order chi connectivity index (χ1) is 9.83. The van der Waals surface area contributed by atoms with Crippen LogP contribution >= 0.6 is 0 Å². The maximum absolute atomic E-state index is 12.1. The summed E-state index contributed by atoms with van der Waals surface area (Å²) in [5.74, 6) is -0.00579. The number of hydrogen-bond acceptors (Lipinski definition) is 3. The Labute approximate surface area is 118 Å². The van der Waals surface area contributed by atoms with Gasteiger partial charge in [-0.2, -0.15) is 0 Å². The highest BCUT2D eigenvalue weighted by molar-refractivity contribution is 5.97. The molecule has 104 valence electrons. The van der Waals surface area contributed by atoms with Gasteiger partial charge in [-0.15, -0.1) is 0 Å². The third-order valence-corrected chi connectivity index (χ3v) is 3.81. The normalized spacial score (nSPS) is 18.3. The lowest BCUT2D eigenvalue weighted by Gasteiger charge is -2.11. The number of hydrogen-bond donors (Lipinski definition) is 2. The second-order valence-corrected chi connectivity index (χ2v) is 5.25. The van der Waals surface area contributed by atoms with Gasteiger partial charge in [0.2, 0.25) is 0 Å². The molecule has 1 aromatic carbocycles. The molecule has 2 heterocycles. The van der Waals surface area contributed by atoms with Gasteiger partial charge in [-0.3, -0.25) is 9.78 Å². The van der Waals surface area contributed by atoms with Crippen LogP contribution in [0.1, 0.15) is 29.6 Å². The van der Waals surface area contributed by atoms with E-state index in [0.29, 0.717) is 11.6 Å². The van der Waals surface area contributed by atoms with Gasteiger partial charge in [0.15, 0.2) is 0 Å². The summed E-state index contributed by atoms with van der Waals surface area (Å²) in [6, 6.07) is 10.0. The van der Waals surface area contributed by atoms with Crippen molar-refractivity contribution in [2.45, 2.75) is 25.3 Å². The number of fused-ring (bicyclic) bond motifs is 1. The van der Waals surface area contributed by atoms with Crippen molar-refractivity contribution < 1.29 is 4.79 Å². The van der Waals surface area contributed by atoms with E-state index >= 15 is 0 Å². The predicted octanol–water partition coefficient (Wildman–Crippen LogP) is 2.11. The van der Waals surface area contributed by atoms with Crippen LogP contribution in [0, 0.1) is 0 Å². The highest BCUT2D eigenvalue weighted by Crippen LogP contribution is 2.13. The Morgan fingerprint density at radius 3 is 3.20 bits per heavy atom. The van der Waals surface area contributed by atoms with Crippen LogP contribution < -0.4 is 10.6 Å². The van der Waals surface area contributed by atoms with Gasteiger partial charge in [-0.1, -0.05) is 6.07 Å². The number of benzene rings is 1. The lowest BCUT2D eigenvalue weighted by atomic mass is 10.1. The van der Waals surface area contributed by atoms with Gasteiger partial charge in [0.1, 0.15) is 0 Å². The minimum atomic E-state index is -0.00579. The van der Waals surface area contributed by atoms with Crippen molar-refractivity contribution in [3.8, 4) is 0 Å². The average Bonchev–Trinajstić information content (AvgIpc) is 3.00. The van der Waals surface area contributed by atoms with Crippen LogP contribution in [0.3, 0.4) is 0 Å². The molecular formula is C16H19N3O. The fourth-order valence-electron chi connectivity index (χ4n) is 2.68. The molecule has 3 rings (SSSR count). The largest absolute Gasteiger partial charge is 0.352 e.